The number of furan rings is 1. The summed E-state index contributed by atoms with van der Waals surface area (Å²) in [5.74, 6) is 0.0546. The summed E-state index contributed by atoms with van der Waals surface area (Å²) in [7, 11) is -2.62. The van der Waals surface area contributed by atoms with Crippen molar-refractivity contribution in [2.75, 3.05) is 0 Å². The summed E-state index contributed by atoms with van der Waals surface area (Å²) < 4.78 is 6.18. The van der Waals surface area contributed by atoms with E-state index in [0.29, 0.717) is 5.56 Å². The van der Waals surface area contributed by atoms with Gasteiger partial charge in [0.25, 0.3) is 0 Å². The molecule has 5 aromatic carbocycles. The van der Waals surface area contributed by atoms with Gasteiger partial charge in [0.05, 0.1) is 0 Å². The van der Waals surface area contributed by atoms with Crippen molar-refractivity contribution < 1.29 is 4.42 Å². The molecule has 35 heavy (non-hydrogen) atoms. The Morgan fingerprint density at radius 2 is 1.00 bits per heavy atom. The van der Waals surface area contributed by atoms with E-state index in [1.165, 1.54) is 20.7 Å². The molecule has 0 saturated heterocycles. The molecule has 0 fully saturated rings. The summed E-state index contributed by atoms with van der Waals surface area (Å²) in [5, 5.41) is 15.2. The van der Waals surface area contributed by atoms with Crippen molar-refractivity contribution in [3.63, 3.8) is 0 Å². The van der Waals surface area contributed by atoms with Gasteiger partial charge in [-0.1, -0.05) is 103 Å². The lowest BCUT2D eigenvalue weighted by molar-refractivity contribution is 0.669. The molecule has 6 rings (SSSR count). The molecule has 0 saturated carbocycles. The smallest absolute Gasteiger partial charge is 0.179 e. The Hall–Kier alpha value is -4.41. The van der Waals surface area contributed by atoms with Crippen LogP contribution in [0, 0.1) is 5.41 Å². The highest BCUT2D eigenvalue weighted by molar-refractivity contribution is 7.20. The Morgan fingerprint density at radius 3 is 1.49 bits per heavy atom. The number of nitrogens with two attached hydrogens (primary N) is 1. The fraction of sp³-hybridized carbons (Fsp3) is 0. The molecule has 0 bridgehead atoms. The second-order valence-corrected chi connectivity index (χ2v) is 12.6. The second-order valence-electron chi connectivity index (χ2n) is 8.79. The Kier molecular flexibility index (Phi) is 5.09. The molecule has 168 valence electrons. The van der Waals surface area contributed by atoms with Crippen LogP contribution in [0.15, 0.2) is 132 Å². The van der Waals surface area contributed by atoms with Crippen molar-refractivity contribution in [1.82, 2.24) is 0 Å². The fourth-order valence-electron chi connectivity index (χ4n) is 5.24. The van der Waals surface area contributed by atoms with Gasteiger partial charge in [0.1, 0.15) is 17.0 Å². The monoisotopic (exact) mass is 468 g/mol. The quantitative estimate of drug-likeness (QED) is 0.172. The predicted molar refractivity (Wildman–Crippen MR) is 148 cm³/mol. The lowest BCUT2D eigenvalue weighted by atomic mass is 10.1. The summed E-state index contributed by atoms with van der Waals surface area (Å²) in [5.41, 5.74) is 8.14. The summed E-state index contributed by atoms with van der Waals surface area (Å²) in [6.45, 7) is 0. The van der Waals surface area contributed by atoms with Gasteiger partial charge in [0.15, 0.2) is 8.07 Å². The highest BCUT2D eigenvalue weighted by atomic mass is 28.3. The minimum Gasteiger partial charge on any atom is -0.456 e. The molecule has 0 aliphatic heterocycles. The summed E-state index contributed by atoms with van der Waals surface area (Å²) in [4.78, 5) is 0. The zero-order valence-corrected chi connectivity index (χ0v) is 20.1. The minimum atomic E-state index is -2.62. The van der Waals surface area contributed by atoms with E-state index in [9.17, 15) is 0 Å². The number of amidine groups is 1. The molecule has 0 spiro atoms. The van der Waals surface area contributed by atoms with Gasteiger partial charge in [-0.15, -0.1) is 0 Å². The molecule has 6 aromatic rings. The zero-order valence-electron chi connectivity index (χ0n) is 19.1. The van der Waals surface area contributed by atoms with E-state index >= 15 is 0 Å². The normalized spacial score (nSPS) is 11.7. The molecular formula is C31H24N2OSi. The van der Waals surface area contributed by atoms with E-state index in [-0.39, 0.29) is 5.84 Å². The van der Waals surface area contributed by atoms with Gasteiger partial charge in [-0.25, -0.2) is 0 Å². The van der Waals surface area contributed by atoms with Crippen LogP contribution in [0.4, 0.5) is 0 Å². The number of nitrogens with one attached hydrogen (secondary N) is 1. The average molecular weight is 469 g/mol. The first-order valence-corrected chi connectivity index (χ1v) is 13.7. The highest BCUT2D eigenvalue weighted by Gasteiger charge is 2.41. The van der Waals surface area contributed by atoms with Crippen LogP contribution in [0.5, 0.6) is 0 Å². The molecule has 1 aromatic heterocycles. The first kappa shape index (κ1) is 21.1. The van der Waals surface area contributed by atoms with Crippen molar-refractivity contribution in [2.24, 2.45) is 5.73 Å². The fourth-order valence-corrected chi connectivity index (χ4v) is 10.0. The Balaban J connectivity index is 1.73. The first-order chi connectivity index (χ1) is 17.2. The largest absolute Gasteiger partial charge is 0.456 e. The number of rotatable bonds is 5. The summed E-state index contributed by atoms with van der Waals surface area (Å²) in [6, 6.07) is 44.9. The zero-order chi connectivity index (χ0) is 23.8. The van der Waals surface area contributed by atoms with Crippen LogP contribution in [0.3, 0.4) is 0 Å². The van der Waals surface area contributed by atoms with Crippen molar-refractivity contribution in [2.45, 2.75) is 0 Å². The third-order valence-corrected chi connectivity index (χ3v) is 11.6. The van der Waals surface area contributed by atoms with Gasteiger partial charge in [-0.2, -0.15) is 0 Å². The lowest BCUT2D eigenvalue weighted by Gasteiger charge is -2.34. The predicted octanol–water partition coefficient (Wildman–Crippen LogP) is 4.25. The van der Waals surface area contributed by atoms with Gasteiger partial charge < -0.3 is 10.2 Å². The van der Waals surface area contributed by atoms with E-state index in [0.717, 1.165) is 21.9 Å². The van der Waals surface area contributed by atoms with Crippen LogP contribution < -0.4 is 26.5 Å². The van der Waals surface area contributed by atoms with Crippen molar-refractivity contribution in [3.05, 3.63) is 133 Å². The van der Waals surface area contributed by atoms with Crippen molar-refractivity contribution >= 4 is 56.6 Å². The number of hydrogen-bond acceptors (Lipinski definition) is 2. The lowest BCUT2D eigenvalue weighted by Crippen LogP contribution is -2.74. The maximum absolute atomic E-state index is 7.90. The third-order valence-electron chi connectivity index (χ3n) is 6.83. The van der Waals surface area contributed by atoms with Gasteiger partial charge in [-0.05, 0) is 45.0 Å². The van der Waals surface area contributed by atoms with E-state index < -0.39 is 8.07 Å². The highest BCUT2D eigenvalue weighted by Crippen LogP contribution is 2.29. The van der Waals surface area contributed by atoms with Crippen LogP contribution in [-0.4, -0.2) is 13.9 Å². The Morgan fingerprint density at radius 1 is 0.543 bits per heavy atom. The molecule has 3 N–H and O–H groups in total. The van der Waals surface area contributed by atoms with Crippen molar-refractivity contribution in [1.29, 1.82) is 5.41 Å². The number of nitrogen functional groups attached to an aromatic ring is 1. The molecule has 4 heteroatoms. The standard InChI is InChI=1S/C31H24N2OSi/c32-31(33)22-16-18-29-27(20-22)28-21-26(17-19-30(28)34-29)35(23-10-4-1-5-11-23,24-12-6-2-7-13-24)25-14-8-3-9-15-25/h1-21H,(H3,32,33). The molecule has 0 atom stereocenters. The van der Waals surface area contributed by atoms with Crippen LogP contribution in [-0.2, 0) is 0 Å². The maximum Gasteiger partial charge on any atom is 0.179 e. The van der Waals surface area contributed by atoms with Crippen LogP contribution in [0.25, 0.3) is 21.9 Å². The van der Waals surface area contributed by atoms with Gasteiger partial charge >= 0.3 is 0 Å². The number of benzene rings is 5. The first-order valence-electron chi connectivity index (χ1n) is 11.7. The van der Waals surface area contributed by atoms with Gasteiger partial charge in [0, 0.05) is 16.3 Å². The Bertz CT molecular complexity index is 1560. The molecular weight excluding hydrogens is 444 g/mol. The second kappa shape index (κ2) is 8.42. The minimum absolute atomic E-state index is 0.0546. The van der Waals surface area contributed by atoms with E-state index in [4.69, 9.17) is 15.6 Å². The van der Waals surface area contributed by atoms with Crippen LogP contribution in [0.2, 0.25) is 0 Å². The molecule has 0 amide bonds. The molecule has 0 aliphatic carbocycles. The van der Waals surface area contributed by atoms with E-state index in [1.54, 1.807) is 0 Å². The molecule has 0 radical (unpaired) electrons. The van der Waals surface area contributed by atoms with E-state index in [2.05, 4.69) is 109 Å². The van der Waals surface area contributed by atoms with Crippen molar-refractivity contribution in [3.8, 4) is 0 Å². The molecule has 0 aliphatic rings. The SMILES string of the molecule is N=C(N)c1ccc2oc3ccc([Si](c4ccccc4)(c4ccccc4)c4ccccc4)cc3c2c1. The maximum atomic E-state index is 7.90. The van der Waals surface area contributed by atoms with Crippen LogP contribution in [0.1, 0.15) is 5.56 Å². The summed E-state index contributed by atoms with van der Waals surface area (Å²) in [6.07, 6.45) is 0. The number of fused-ring (bicyclic) bond motifs is 3. The molecule has 0 unspecified atom stereocenters. The third kappa shape index (κ3) is 3.38. The topological polar surface area (TPSA) is 63.0 Å². The van der Waals surface area contributed by atoms with Gasteiger partial charge in [-0.3, -0.25) is 5.41 Å². The average Bonchev–Trinajstić information content (AvgIpc) is 3.28. The Labute approximate surface area is 205 Å². The number of hydrogen-bond donors (Lipinski definition) is 2. The van der Waals surface area contributed by atoms with E-state index in [1.807, 2.05) is 18.2 Å². The van der Waals surface area contributed by atoms with Gasteiger partial charge in [0.2, 0.25) is 0 Å². The molecule has 1 heterocycles. The van der Waals surface area contributed by atoms with Crippen LogP contribution >= 0.6 is 0 Å². The summed E-state index contributed by atoms with van der Waals surface area (Å²) >= 11 is 0. The molecule has 3 nitrogen and oxygen atoms in total.